The van der Waals surface area contributed by atoms with Crippen LogP contribution in [0.15, 0.2) is 115 Å². The molecule has 192 valence electrons. The summed E-state index contributed by atoms with van der Waals surface area (Å²) in [5, 5.41) is 9.35. The lowest BCUT2D eigenvalue weighted by Crippen LogP contribution is -2.01. The lowest BCUT2D eigenvalue weighted by Gasteiger charge is -2.12. The minimum atomic E-state index is 0.291. The van der Waals surface area contributed by atoms with Crippen LogP contribution < -0.4 is 0 Å². The Morgan fingerprint density at radius 1 is 0.524 bits per heavy atom. The fraction of sp³-hybridized carbons (Fsp3) is 0. The van der Waals surface area contributed by atoms with E-state index < -0.39 is 0 Å². The molecule has 0 spiro atoms. The van der Waals surface area contributed by atoms with E-state index in [0.29, 0.717) is 11.6 Å². The van der Waals surface area contributed by atoms with Gasteiger partial charge in [-0.25, -0.2) is 4.98 Å². The second-order valence-electron chi connectivity index (χ2n) is 10.9. The van der Waals surface area contributed by atoms with Crippen LogP contribution in [0.2, 0.25) is 0 Å². The first kappa shape index (κ1) is 21.8. The van der Waals surface area contributed by atoms with Gasteiger partial charge < -0.3 is 9.25 Å². The van der Waals surface area contributed by atoms with Crippen LogP contribution in [0.1, 0.15) is 0 Å². The van der Waals surface area contributed by atoms with Crippen LogP contribution in [-0.4, -0.2) is 18.9 Å². The summed E-state index contributed by atoms with van der Waals surface area (Å²) < 4.78 is 4.62. The van der Waals surface area contributed by atoms with Crippen molar-refractivity contribution in [3.8, 4) is 5.82 Å². The summed E-state index contributed by atoms with van der Waals surface area (Å²) in [5.41, 5.74) is 7.13. The molecule has 5 heteroatoms. The summed E-state index contributed by atoms with van der Waals surface area (Å²) >= 11 is 0. The Kier molecular flexibility index (Phi) is 3.94. The van der Waals surface area contributed by atoms with Gasteiger partial charge in [0.1, 0.15) is 5.52 Å². The molecule has 0 aliphatic heterocycles. The molecule has 0 saturated heterocycles. The molecule has 0 N–H and O–H groups in total. The molecule has 0 unspecified atom stereocenters. The van der Waals surface area contributed by atoms with Gasteiger partial charge in [0.15, 0.2) is 11.3 Å². The zero-order valence-corrected chi connectivity index (χ0v) is 22.2. The lowest BCUT2D eigenvalue weighted by molar-refractivity contribution is 1.09. The smallest absolute Gasteiger partial charge is 0.313 e. The molecule has 0 saturated carbocycles. The maximum Gasteiger partial charge on any atom is 0.313 e. The fourth-order valence-corrected chi connectivity index (χ4v) is 7.18. The second kappa shape index (κ2) is 7.60. The topological polar surface area (TPSA) is 39.5 Å². The third-order valence-corrected chi connectivity index (χ3v) is 8.84. The molecular formula is C37H19N5. The van der Waals surface area contributed by atoms with Gasteiger partial charge in [0.05, 0.1) is 27.6 Å². The first-order chi connectivity index (χ1) is 20.8. The van der Waals surface area contributed by atoms with Crippen molar-refractivity contribution in [1.82, 2.24) is 18.9 Å². The molecule has 0 bridgehead atoms. The summed E-state index contributed by atoms with van der Waals surface area (Å²) in [6, 6.07) is 40.3. The molecule has 0 aliphatic rings. The van der Waals surface area contributed by atoms with E-state index in [0.717, 1.165) is 43.6 Å². The zero-order valence-electron chi connectivity index (χ0n) is 22.2. The van der Waals surface area contributed by atoms with E-state index in [1.54, 1.807) is 0 Å². The molecule has 5 nitrogen and oxygen atoms in total. The highest BCUT2D eigenvalue weighted by atomic mass is 15.1. The molecule has 0 amide bonds. The quantitative estimate of drug-likeness (QED) is 0.197. The Morgan fingerprint density at radius 3 is 1.98 bits per heavy atom. The van der Waals surface area contributed by atoms with Crippen LogP contribution in [0.3, 0.4) is 0 Å². The van der Waals surface area contributed by atoms with Crippen molar-refractivity contribution in [2.45, 2.75) is 0 Å². The van der Waals surface area contributed by atoms with E-state index >= 15 is 0 Å². The normalized spacial score (nSPS) is 12.3. The summed E-state index contributed by atoms with van der Waals surface area (Å²) in [6.45, 7) is 8.18. The highest BCUT2D eigenvalue weighted by Gasteiger charge is 2.26. The zero-order chi connectivity index (χ0) is 27.5. The molecule has 6 aromatic carbocycles. The van der Waals surface area contributed by atoms with E-state index in [1.807, 2.05) is 24.3 Å². The Bertz CT molecular complexity index is 2810. The van der Waals surface area contributed by atoms with Gasteiger partial charge in [-0.2, -0.15) is 0 Å². The van der Waals surface area contributed by atoms with E-state index in [1.165, 1.54) is 38.1 Å². The number of rotatable bonds is 1. The average Bonchev–Trinajstić information content (AvgIpc) is 3.68. The number of aromatic nitrogens is 4. The maximum atomic E-state index is 8.18. The number of fused-ring (bicyclic) bond motifs is 13. The molecular weight excluding hydrogens is 514 g/mol. The standard InChI is InChI=1S/C37H19N5/c1-38-36-37(40-29-15-7-6-14-28(29)39-36)42-33-22-11-3-2-10-21(22)18-19-24(33)27-20-26-23-12-4-8-16-30(23)41-31-17-9-5-13-25(31)32(34(26)41)35(27)42/h2-20H. The van der Waals surface area contributed by atoms with Crippen LogP contribution in [0.25, 0.3) is 92.4 Å². The molecule has 0 radical (unpaired) electrons. The van der Waals surface area contributed by atoms with E-state index in [4.69, 9.17) is 16.5 Å². The van der Waals surface area contributed by atoms with Crippen LogP contribution >= 0.6 is 0 Å². The Balaban J connectivity index is 1.57. The third kappa shape index (κ3) is 2.53. The van der Waals surface area contributed by atoms with Gasteiger partial charge in [-0.1, -0.05) is 91.5 Å². The molecule has 42 heavy (non-hydrogen) atoms. The van der Waals surface area contributed by atoms with Crippen molar-refractivity contribution in [1.29, 1.82) is 0 Å². The van der Waals surface area contributed by atoms with Crippen LogP contribution in [-0.2, 0) is 0 Å². The van der Waals surface area contributed by atoms with Crippen LogP contribution in [0.5, 0.6) is 0 Å². The fourth-order valence-electron chi connectivity index (χ4n) is 7.18. The number of hydrogen-bond donors (Lipinski definition) is 0. The largest absolute Gasteiger partial charge is 0.358 e. The number of nitrogens with zero attached hydrogens (tertiary/aromatic N) is 5. The molecule has 4 heterocycles. The van der Waals surface area contributed by atoms with Crippen LogP contribution in [0, 0.1) is 6.57 Å². The first-order valence-corrected chi connectivity index (χ1v) is 14.0. The van der Waals surface area contributed by atoms with E-state index in [2.05, 4.69) is 105 Å². The van der Waals surface area contributed by atoms with Crippen molar-refractivity contribution < 1.29 is 0 Å². The number of benzene rings is 6. The van der Waals surface area contributed by atoms with Crippen molar-refractivity contribution in [2.75, 3.05) is 0 Å². The highest BCUT2D eigenvalue weighted by molar-refractivity contribution is 6.35. The molecule has 10 aromatic rings. The summed E-state index contributed by atoms with van der Waals surface area (Å²) in [6.07, 6.45) is 0. The van der Waals surface area contributed by atoms with E-state index in [-0.39, 0.29) is 0 Å². The van der Waals surface area contributed by atoms with Crippen molar-refractivity contribution >= 4 is 87.5 Å². The highest BCUT2D eigenvalue weighted by Crippen LogP contribution is 2.47. The maximum absolute atomic E-state index is 8.18. The Labute approximate surface area is 238 Å². The monoisotopic (exact) mass is 533 g/mol. The molecule has 0 atom stereocenters. The van der Waals surface area contributed by atoms with Crippen LogP contribution in [0.4, 0.5) is 5.82 Å². The van der Waals surface area contributed by atoms with Crippen molar-refractivity contribution in [3.05, 3.63) is 127 Å². The first-order valence-electron chi connectivity index (χ1n) is 14.0. The summed E-state index contributed by atoms with van der Waals surface area (Å²) in [5.74, 6) is 0.849. The molecule has 10 rings (SSSR count). The van der Waals surface area contributed by atoms with Gasteiger partial charge in [0, 0.05) is 37.7 Å². The van der Waals surface area contributed by atoms with Gasteiger partial charge in [0.25, 0.3) is 0 Å². The van der Waals surface area contributed by atoms with Gasteiger partial charge in [0.2, 0.25) is 0 Å². The third-order valence-electron chi connectivity index (χ3n) is 8.84. The minimum Gasteiger partial charge on any atom is -0.358 e. The molecule has 0 aliphatic carbocycles. The van der Waals surface area contributed by atoms with Gasteiger partial charge in [-0.3, -0.25) is 4.57 Å². The molecule has 0 fully saturated rings. The predicted molar refractivity (Wildman–Crippen MR) is 172 cm³/mol. The predicted octanol–water partition coefficient (Wildman–Crippen LogP) is 9.58. The van der Waals surface area contributed by atoms with Gasteiger partial charge >= 0.3 is 5.82 Å². The SMILES string of the molecule is [C-]#[N+]c1nc2ccccc2nc1-n1c2c3ccccc3ccc2c2cc3c4ccccc4n4c5ccccc5c(c21)c34. The van der Waals surface area contributed by atoms with Crippen molar-refractivity contribution in [2.24, 2.45) is 0 Å². The number of hydrogen-bond acceptors (Lipinski definition) is 2. The molecule has 4 aromatic heterocycles. The lowest BCUT2D eigenvalue weighted by atomic mass is 10.0. The van der Waals surface area contributed by atoms with E-state index in [9.17, 15) is 0 Å². The van der Waals surface area contributed by atoms with Crippen molar-refractivity contribution in [3.63, 3.8) is 0 Å². The van der Waals surface area contributed by atoms with Gasteiger partial charge in [-0.15, -0.1) is 4.98 Å². The Hall–Kier alpha value is -5.99. The minimum absolute atomic E-state index is 0.291. The summed E-state index contributed by atoms with van der Waals surface area (Å²) in [4.78, 5) is 13.9. The summed E-state index contributed by atoms with van der Waals surface area (Å²) in [7, 11) is 0. The number of para-hydroxylation sites is 4. The second-order valence-corrected chi connectivity index (χ2v) is 10.9. The average molecular weight is 534 g/mol. The van der Waals surface area contributed by atoms with Gasteiger partial charge in [-0.05, 0) is 35.7 Å². The Morgan fingerprint density at radius 2 is 1.17 bits per heavy atom.